The van der Waals surface area contributed by atoms with Crippen LogP contribution in [0.3, 0.4) is 0 Å². The molecule has 1 aromatic carbocycles. The van der Waals surface area contributed by atoms with E-state index in [1.807, 2.05) is 17.8 Å². The van der Waals surface area contributed by atoms with E-state index in [-0.39, 0.29) is 12.5 Å². The van der Waals surface area contributed by atoms with Crippen LogP contribution in [0.25, 0.3) is 0 Å². The minimum absolute atomic E-state index is 0.0495. The van der Waals surface area contributed by atoms with E-state index in [0.29, 0.717) is 17.1 Å². The standard InChI is InChI=1S/C13H19N3O2S/c1-19-5-3-2-4-15-10-7-11-12(6-9(10)14)18-8-13(17)16-11/h6-7,15H,2-5,8,14H2,1H3,(H,16,17). The molecule has 0 radical (unpaired) electrons. The van der Waals surface area contributed by atoms with Crippen molar-refractivity contribution in [2.75, 3.05) is 41.5 Å². The number of fused-ring (bicyclic) bond motifs is 1. The zero-order valence-electron chi connectivity index (χ0n) is 11.0. The molecule has 0 saturated carbocycles. The molecule has 1 aromatic rings. The van der Waals surface area contributed by atoms with Crippen LogP contribution in [0.1, 0.15) is 12.8 Å². The normalized spacial score (nSPS) is 13.4. The van der Waals surface area contributed by atoms with E-state index in [1.54, 1.807) is 6.07 Å². The number of nitrogens with one attached hydrogen (secondary N) is 2. The average molecular weight is 281 g/mol. The summed E-state index contributed by atoms with van der Waals surface area (Å²) in [4.78, 5) is 11.3. The molecule has 0 unspecified atom stereocenters. The third-order valence-corrected chi connectivity index (χ3v) is 3.57. The fourth-order valence-corrected chi connectivity index (χ4v) is 2.38. The zero-order chi connectivity index (χ0) is 13.7. The summed E-state index contributed by atoms with van der Waals surface area (Å²) < 4.78 is 5.31. The maximum atomic E-state index is 11.3. The van der Waals surface area contributed by atoms with E-state index < -0.39 is 0 Å². The summed E-state index contributed by atoms with van der Waals surface area (Å²) in [5.74, 6) is 1.67. The van der Waals surface area contributed by atoms with Crippen LogP contribution in [0, 0.1) is 0 Å². The molecule has 19 heavy (non-hydrogen) atoms. The van der Waals surface area contributed by atoms with Gasteiger partial charge in [0.25, 0.3) is 5.91 Å². The molecule has 6 heteroatoms. The molecule has 0 aromatic heterocycles. The largest absolute Gasteiger partial charge is 0.482 e. The van der Waals surface area contributed by atoms with Gasteiger partial charge in [-0.2, -0.15) is 11.8 Å². The van der Waals surface area contributed by atoms with Gasteiger partial charge in [-0.15, -0.1) is 0 Å². The van der Waals surface area contributed by atoms with Gasteiger partial charge in [0, 0.05) is 12.6 Å². The van der Waals surface area contributed by atoms with Crippen molar-refractivity contribution in [2.45, 2.75) is 12.8 Å². The highest BCUT2D eigenvalue weighted by Crippen LogP contribution is 2.35. The minimum Gasteiger partial charge on any atom is -0.482 e. The number of hydrogen-bond donors (Lipinski definition) is 3. The number of rotatable bonds is 6. The second-order valence-electron chi connectivity index (χ2n) is 4.40. The highest BCUT2D eigenvalue weighted by Gasteiger charge is 2.17. The monoisotopic (exact) mass is 281 g/mol. The van der Waals surface area contributed by atoms with Crippen LogP contribution in [0.2, 0.25) is 0 Å². The van der Waals surface area contributed by atoms with Crippen molar-refractivity contribution in [3.8, 4) is 5.75 Å². The fraction of sp³-hybridized carbons (Fsp3) is 0.462. The first-order valence-corrected chi connectivity index (χ1v) is 7.69. The van der Waals surface area contributed by atoms with Crippen molar-refractivity contribution in [3.63, 3.8) is 0 Å². The molecule has 0 atom stereocenters. The molecule has 5 nitrogen and oxygen atoms in total. The van der Waals surface area contributed by atoms with Crippen molar-refractivity contribution in [1.82, 2.24) is 0 Å². The molecule has 1 heterocycles. The van der Waals surface area contributed by atoms with Gasteiger partial charge in [-0.1, -0.05) is 0 Å². The number of carbonyl (C=O) groups is 1. The van der Waals surface area contributed by atoms with Crippen LogP contribution >= 0.6 is 11.8 Å². The number of hydrogen-bond acceptors (Lipinski definition) is 5. The molecule has 0 saturated heterocycles. The Hall–Kier alpha value is -1.56. The predicted molar refractivity (Wildman–Crippen MR) is 81.1 cm³/mol. The lowest BCUT2D eigenvalue weighted by molar-refractivity contribution is -0.118. The van der Waals surface area contributed by atoms with Crippen LogP contribution in [0.4, 0.5) is 17.1 Å². The van der Waals surface area contributed by atoms with E-state index in [4.69, 9.17) is 10.5 Å². The quantitative estimate of drug-likeness (QED) is 0.550. The summed E-state index contributed by atoms with van der Waals surface area (Å²) in [5, 5.41) is 6.07. The van der Waals surface area contributed by atoms with Crippen molar-refractivity contribution in [2.24, 2.45) is 0 Å². The Bertz CT molecular complexity index is 465. The lowest BCUT2D eigenvalue weighted by Crippen LogP contribution is -2.25. The Kier molecular flexibility index (Phi) is 4.79. The second-order valence-corrected chi connectivity index (χ2v) is 5.38. The number of amides is 1. The number of benzene rings is 1. The van der Waals surface area contributed by atoms with Crippen molar-refractivity contribution in [1.29, 1.82) is 0 Å². The Labute approximate surface area is 117 Å². The third kappa shape index (κ3) is 3.70. The van der Waals surface area contributed by atoms with Gasteiger partial charge in [-0.3, -0.25) is 4.79 Å². The highest BCUT2D eigenvalue weighted by molar-refractivity contribution is 7.98. The molecule has 0 fully saturated rings. The van der Waals surface area contributed by atoms with Crippen molar-refractivity contribution in [3.05, 3.63) is 12.1 Å². The lowest BCUT2D eigenvalue weighted by atomic mass is 10.2. The maximum Gasteiger partial charge on any atom is 0.262 e. The number of nitrogens with two attached hydrogens (primary N) is 1. The summed E-state index contributed by atoms with van der Waals surface area (Å²) in [6.07, 6.45) is 4.39. The van der Waals surface area contributed by atoms with Crippen LogP contribution in [0.15, 0.2) is 12.1 Å². The van der Waals surface area contributed by atoms with Gasteiger partial charge in [-0.05, 0) is 30.9 Å². The van der Waals surface area contributed by atoms with Gasteiger partial charge in [-0.25, -0.2) is 0 Å². The molecule has 0 spiro atoms. The molecule has 2 rings (SSSR count). The number of carbonyl (C=O) groups excluding carboxylic acids is 1. The Morgan fingerprint density at radius 2 is 2.32 bits per heavy atom. The average Bonchev–Trinajstić information content (AvgIpc) is 2.39. The first-order chi connectivity index (χ1) is 9.20. The van der Waals surface area contributed by atoms with Gasteiger partial charge in [0.1, 0.15) is 5.75 Å². The minimum atomic E-state index is -0.136. The highest BCUT2D eigenvalue weighted by atomic mass is 32.2. The molecule has 1 amide bonds. The maximum absolute atomic E-state index is 11.3. The van der Waals surface area contributed by atoms with Gasteiger partial charge < -0.3 is 21.1 Å². The van der Waals surface area contributed by atoms with E-state index in [9.17, 15) is 4.79 Å². The molecule has 1 aliphatic heterocycles. The summed E-state index contributed by atoms with van der Waals surface area (Å²) in [7, 11) is 0. The van der Waals surface area contributed by atoms with Crippen LogP contribution in [0.5, 0.6) is 5.75 Å². The first kappa shape index (κ1) is 13.9. The number of ether oxygens (including phenoxy) is 1. The fourth-order valence-electron chi connectivity index (χ4n) is 1.89. The number of thioether (sulfide) groups is 1. The molecule has 104 valence electrons. The van der Waals surface area contributed by atoms with E-state index >= 15 is 0 Å². The van der Waals surface area contributed by atoms with E-state index in [0.717, 1.165) is 18.7 Å². The number of unbranched alkanes of at least 4 members (excludes halogenated alkanes) is 1. The lowest BCUT2D eigenvalue weighted by Gasteiger charge is -2.20. The Morgan fingerprint density at radius 1 is 1.47 bits per heavy atom. The first-order valence-electron chi connectivity index (χ1n) is 6.29. The van der Waals surface area contributed by atoms with Crippen LogP contribution in [-0.4, -0.2) is 31.1 Å². The van der Waals surface area contributed by atoms with Crippen LogP contribution in [-0.2, 0) is 4.79 Å². The molecule has 0 bridgehead atoms. The summed E-state index contributed by atoms with van der Waals surface area (Å²) >= 11 is 1.85. The van der Waals surface area contributed by atoms with E-state index in [1.165, 1.54) is 12.2 Å². The van der Waals surface area contributed by atoms with Crippen LogP contribution < -0.4 is 21.1 Å². The molecular formula is C13H19N3O2S. The van der Waals surface area contributed by atoms with Crippen molar-refractivity contribution >= 4 is 34.7 Å². The molecule has 0 aliphatic carbocycles. The SMILES string of the molecule is CSCCCCNc1cc2c(cc1N)OCC(=O)N2. The summed E-state index contributed by atoms with van der Waals surface area (Å²) in [5.41, 5.74) is 8.12. The Morgan fingerprint density at radius 3 is 3.11 bits per heavy atom. The smallest absolute Gasteiger partial charge is 0.262 e. The Balaban J connectivity index is 1.97. The predicted octanol–water partition coefficient (Wildman–Crippen LogP) is 2.15. The third-order valence-electron chi connectivity index (χ3n) is 2.88. The number of anilines is 3. The summed E-state index contributed by atoms with van der Waals surface area (Å²) in [6.45, 7) is 0.923. The molecular weight excluding hydrogens is 262 g/mol. The molecule has 4 N–H and O–H groups in total. The topological polar surface area (TPSA) is 76.4 Å². The summed E-state index contributed by atoms with van der Waals surface area (Å²) in [6, 6.07) is 3.58. The van der Waals surface area contributed by atoms with Gasteiger partial charge in [0.05, 0.1) is 17.1 Å². The van der Waals surface area contributed by atoms with Gasteiger partial charge in [0.2, 0.25) is 0 Å². The van der Waals surface area contributed by atoms with Gasteiger partial charge in [0.15, 0.2) is 6.61 Å². The zero-order valence-corrected chi connectivity index (χ0v) is 11.8. The van der Waals surface area contributed by atoms with E-state index in [2.05, 4.69) is 16.9 Å². The second kappa shape index (κ2) is 6.56. The number of nitrogen functional groups attached to an aromatic ring is 1. The molecule has 1 aliphatic rings. The van der Waals surface area contributed by atoms with Crippen molar-refractivity contribution < 1.29 is 9.53 Å². The van der Waals surface area contributed by atoms with Gasteiger partial charge >= 0.3 is 0 Å².